The summed E-state index contributed by atoms with van der Waals surface area (Å²) in [4.78, 5) is 9.78. The van der Waals surface area contributed by atoms with Gasteiger partial charge in [0.2, 0.25) is 0 Å². The summed E-state index contributed by atoms with van der Waals surface area (Å²) in [6.45, 7) is 0. The predicted molar refractivity (Wildman–Crippen MR) is 26.8 cm³/mol. The molecule has 0 spiro atoms. The van der Waals surface area contributed by atoms with Crippen LogP contribution in [-0.4, -0.2) is 23.3 Å². The molecule has 0 amide bonds. The van der Waals surface area contributed by atoms with E-state index in [1.165, 1.54) is 0 Å². The molecule has 1 unspecified atom stereocenters. The van der Waals surface area contributed by atoms with Gasteiger partial charge >= 0.3 is 17.5 Å². The molecule has 0 aliphatic carbocycles. The number of carbonyl (C=O) groups is 1. The number of ketones is 1. The lowest BCUT2D eigenvalue weighted by Crippen LogP contribution is -2.49. The summed E-state index contributed by atoms with van der Waals surface area (Å²) in [5.41, 5.74) is 0. The summed E-state index contributed by atoms with van der Waals surface area (Å²) < 4.78 is 80.1. The Morgan fingerprint density at radius 2 is 1.23 bits per heavy atom. The van der Waals surface area contributed by atoms with Gasteiger partial charge in [-0.25, -0.2) is 4.39 Å². The van der Waals surface area contributed by atoms with Gasteiger partial charge in [0.25, 0.3) is 5.78 Å². The van der Waals surface area contributed by atoms with Crippen molar-refractivity contribution in [2.24, 2.45) is 0 Å². The Hall–Kier alpha value is -0.530. The SMILES string of the molecule is O=C(C(F)(F)F)C(F)(Cl)C(F)(F)F. The zero-order valence-electron chi connectivity index (χ0n) is 5.43. The van der Waals surface area contributed by atoms with E-state index in [1.54, 1.807) is 0 Å². The average Bonchev–Trinajstić information content (AvgIpc) is 1.81. The lowest BCUT2D eigenvalue weighted by molar-refractivity contribution is -0.224. The Balaban J connectivity index is 4.98. The van der Waals surface area contributed by atoms with E-state index in [0.717, 1.165) is 0 Å². The van der Waals surface area contributed by atoms with E-state index in [-0.39, 0.29) is 0 Å². The van der Waals surface area contributed by atoms with Gasteiger partial charge in [-0.3, -0.25) is 4.79 Å². The lowest BCUT2D eigenvalue weighted by atomic mass is 10.2. The summed E-state index contributed by atoms with van der Waals surface area (Å²) >= 11 is 3.79. The third-order valence-electron chi connectivity index (χ3n) is 0.899. The van der Waals surface area contributed by atoms with Crippen molar-refractivity contribution in [2.45, 2.75) is 17.5 Å². The molecule has 0 radical (unpaired) electrons. The van der Waals surface area contributed by atoms with Gasteiger partial charge in [0.05, 0.1) is 0 Å². The van der Waals surface area contributed by atoms with Crippen molar-refractivity contribution in [1.29, 1.82) is 0 Å². The fourth-order valence-electron chi connectivity index (χ4n) is 0.307. The minimum atomic E-state index is -6.10. The molecule has 1 nitrogen and oxygen atoms in total. The molecule has 0 saturated carbocycles. The fourth-order valence-corrected chi connectivity index (χ4v) is 0.414. The molecule has 13 heavy (non-hydrogen) atoms. The van der Waals surface area contributed by atoms with Crippen molar-refractivity contribution in [3.8, 4) is 0 Å². The first-order valence-corrected chi connectivity index (χ1v) is 2.84. The first-order valence-electron chi connectivity index (χ1n) is 2.47. The van der Waals surface area contributed by atoms with E-state index in [2.05, 4.69) is 11.6 Å². The van der Waals surface area contributed by atoms with Crippen LogP contribution in [0.2, 0.25) is 0 Å². The van der Waals surface area contributed by atoms with Crippen molar-refractivity contribution in [3.63, 3.8) is 0 Å². The highest BCUT2D eigenvalue weighted by molar-refractivity contribution is 6.35. The molecule has 9 heteroatoms. The molecule has 1 atom stereocenters. The van der Waals surface area contributed by atoms with Crippen molar-refractivity contribution in [2.75, 3.05) is 0 Å². The molecule has 0 aliphatic heterocycles. The number of hydrogen-bond acceptors (Lipinski definition) is 1. The molecule has 0 aromatic rings. The number of carbonyl (C=O) groups excluding carboxylic acids is 1. The molecule has 0 rings (SSSR count). The van der Waals surface area contributed by atoms with Gasteiger partial charge < -0.3 is 0 Å². The van der Waals surface area contributed by atoms with Crippen LogP contribution in [0.15, 0.2) is 0 Å². The van der Waals surface area contributed by atoms with E-state index in [4.69, 9.17) is 0 Å². The van der Waals surface area contributed by atoms with Crippen LogP contribution in [0.4, 0.5) is 30.7 Å². The Bertz CT molecular complexity index is 214. The quantitative estimate of drug-likeness (QED) is 0.502. The van der Waals surface area contributed by atoms with Gasteiger partial charge in [-0.15, -0.1) is 0 Å². The first kappa shape index (κ1) is 12.5. The normalized spacial score (nSPS) is 18.2. The number of hydrogen-bond donors (Lipinski definition) is 0. The topological polar surface area (TPSA) is 17.1 Å². The molecule has 0 fully saturated rings. The Morgan fingerprint density at radius 1 is 0.923 bits per heavy atom. The summed E-state index contributed by atoms with van der Waals surface area (Å²) in [7, 11) is 0. The largest absolute Gasteiger partial charge is 0.455 e. The van der Waals surface area contributed by atoms with Gasteiger partial charge in [-0.2, -0.15) is 26.3 Å². The van der Waals surface area contributed by atoms with Crippen molar-refractivity contribution >= 4 is 17.4 Å². The zero-order chi connectivity index (χ0) is 11.1. The molecular formula is C4ClF7O. The second-order valence-corrected chi connectivity index (χ2v) is 2.42. The molecule has 0 saturated heterocycles. The predicted octanol–water partition coefficient (Wildman–Crippen LogP) is 2.58. The molecule has 0 aromatic heterocycles. The summed E-state index contributed by atoms with van der Waals surface area (Å²) in [6.07, 6.45) is -12.1. The molecule has 78 valence electrons. The minimum absolute atomic E-state index is 3.69. The van der Waals surface area contributed by atoms with Gasteiger partial charge in [-0.05, 0) is 0 Å². The molecular weight excluding hydrogens is 232 g/mol. The molecule has 0 aliphatic rings. The van der Waals surface area contributed by atoms with Gasteiger partial charge in [0, 0.05) is 0 Å². The highest BCUT2D eigenvalue weighted by Crippen LogP contribution is 2.42. The third kappa shape index (κ3) is 2.45. The maximum absolute atomic E-state index is 12.1. The Kier molecular flexibility index (Phi) is 2.88. The van der Waals surface area contributed by atoms with E-state index in [0.29, 0.717) is 0 Å². The first-order chi connectivity index (χ1) is 5.40. The summed E-state index contributed by atoms with van der Waals surface area (Å²) in [6, 6.07) is 0. The molecule has 0 heterocycles. The number of halogens is 8. The maximum atomic E-state index is 12.1. The van der Waals surface area contributed by atoms with Gasteiger partial charge in [0.1, 0.15) is 0 Å². The van der Waals surface area contributed by atoms with E-state index in [9.17, 15) is 35.5 Å². The second-order valence-electron chi connectivity index (χ2n) is 1.90. The van der Waals surface area contributed by atoms with Crippen LogP contribution in [0.25, 0.3) is 0 Å². The van der Waals surface area contributed by atoms with Gasteiger partial charge in [-0.1, -0.05) is 11.6 Å². The van der Waals surface area contributed by atoms with E-state index < -0.39 is 23.3 Å². The summed E-state index contributed by atoms with van der Waals surface area (Å²) in [5, 5.41) is -5.41. The second kappa shape index (κ2) is 3.00. The van der Waals surface area contributed by atoms with Crippen LogP contribution in [0.3, 0.4) is 0 Å². The van der Waals surface area contributed by atoms with Crippen molar-refractivity contribution in [1.82, 2.24) is 0 Å². The monoisotopic (exact) mass is 232 g/mol. The molecule has 0 aromatic carbocycles. The summed E-state index contributed by atoms with van der Waals surface area (Å²) in [5.74, 6) is -3.69. The van der Waals surface area contributed by atoms with E-state index in [1.807, 2.05) is 0 Å². The third-order valence-corrected chi connectivity index (χ3v) is 1.28. The average molecular weight is 232 g/mol. The smallest absolute Gasteiger partial charge is 0.284 e. The fraction of sp³-hybridized carbons (Fsp3) is 0.750. The Morgan fingerprint density at radius 3 is 1.31 bits per heavy atom. The van der Waals surface area contributed by atoms with Gasteiger partial charge in [0.15, 0.2) is 0 Å². The maximum Gasteiger partial charge on any atom is 0.455 e. The van der Waals surface area contributed by atoms with Crippen LogP contribution in [0.1, 0.15) is 0 Å². The number of alkyl halides is 8. The van der Waals surface area contributed by atoms with Crippen LogP contribution < -0.4 is 0 Å². The number of rotatable bonds is 1. The Labute approximate surface area is 71.5 Å². The highest BCUT2D eigenvalue weighted by Gasteiger charge is 2.67. The standard InChI is InChI=1S/C4ClF7O/c5-2(6,4(10,11)12)1(13)3(7,8)9. The van der Waals surface area contributed by atoms with Crippen molar-refractivity contribution in [3.05, 3.63) is 0 Å². The minimum Gasteiger partial charge on any atom is -0.284 e. The molecule has 0 N–H and O–H groups in total. The van der Waals surface area contributed by atoms with Crippen molar-refractivity contribution < 1.29 is 35.5 Å². The zero-order valence-corrected chi connectivity index (χ0v) is 6.19. The number of Topliss-reactive ketones (excluding diaryl/α,β-unsaturated/α-hetero) is 1. The highest BCUT2D eigenvalue weighted by atomic mass is 35.5. The van der Waals surface area contributed by atoms with Crippen LogP contribution in [0.5, 0.6) is 0 Å². The van der Waals surface area contributed by atoms with Crippen LogP contribution >= 0.6 is 11.6 Å². The van der Waals surface area contributed by atoms with E-state index >= 15 is 0 Å². The van der Waals surface area contributed by atoms with Crippen LogP contribution in [-0.2, 0) is 4.79 Å². The van der Waals surface area contributed by atoms with Crippen LogP contribution in [0, 0.1) is 0 Å². The molecule has 0 bridgehead atoms. The lowest BCUT2D eigenvalue weighted by Gasteiger charge is -2.20.